The molecule has 0 radical (unpaired) electrons. The van der Waals surface area contributed by atoms with Gasteiger partial charge < -0.3 is 4.74 Å². The normalized spacial score (nSPS) is 10.4. The van der Waals surface area contributed by atoms with E-state index in [2.05, 4.69) is 4.98 Å². The first-order valence-corrected chi connectivity index (χ1v) is 4.71. The zero-order chi connectivity index (χ0) is 12.4. The number of hydrogen-bond donors (Lipinski definition) is 0. The molecular weight excluding hydrogens is 224 g/mol. The highest BCUT2D eigenvalue weighted by atomic mass is 16.6. The van der Waals surface area contributed by atoms with Crippen molar-refractivity contribution in [1.82, 2.24) is 9.55 Å². The van der Waals surface area contributed by atoms with Crippen molar-refractivity contribution >= 4 is 16.7 Å². The van der Waals surface area contributed by atoms with Crippen LogP contribution in [0.2, 0.25) is 0 Å². The van der Waals surface area contributed by atoms with Gasteiger partial charge in [-0.05, 0) is 6.07 Å². The molecule has 2 aromatic rings. The summed E-state index contributed by atoms with van der Waals surface area (Å²) in [6.45, 7) is 0.126. The molecule has 0 aliphatic rings. The van der Waals surface area contributed by atoms with Gasteiger partial charge >= 0.3 is 0 Å². The number of nitriles is 1. The van der Waals surface area contributed by atoms with Crippen LogP contribution in [0.3, 0.4) is 0 Å². The van der Waals surface area contributed by atoms with E-state index in [1.807, 2.05) is 6.07 Å². The zero-order valence-electron chi connectivity index (χ0n) is 8.95. The van der Waals surface area contributed by atoms with Gasteiger partial charge in [-0.15, -0.1) is 0 Å². The van der Waals surface area contributed by atoms with E-state index in [4.69, 9.17) is 10.00 Å². The van der Waals surface area contributed by atoms with Crippen LogP contribution in [0.4, 0.5) is 5.69 Å². The Kier molecular flexibility index (Phi) is 2.72. The number of nitro benzene ring substituents is 1. The van der Waals surface area contributed by atoms with Crippen molar-refractivity contribution in [2.45, 2.75) is 6.73 Å². The molecule has 7 heteroatoms. The van der Waals surface area contributed by atoms with Crippen molar-refractivity contribution in [1.29, 1.82) is 5.26 Å². The highest BCUT2D eigenvalue weighted by Gasteiger charge is 2.14. The molecule has 0 fully saturated rings. The average molecular weight is 232 g/mol. The quantitative estimate of drug-likeness (QED) is 0.589. The molecule has 0 aliphatic carbocycles. The van der Waals surface area contributed by atoms with Crippen molar-refractivity contribution in [2.75, 3.05) is 7.11 Å². The Balaban J connectivity index is 2.70. The van der Waals surface area contributed by atoms with Crippen LogP contribution >= 0.6 is 0 Å². The van der Waals surface area contributed by atoms with Crippen LogP contribution in [0.1, 0.15) is 5.82 Å². The van der Waals surface area contributed by atoms with E-state index in [1.54, 1.807) is 0 Å². The summed E-state index contributed by atoms with van der Waals surface area (Å²) in [6, 6.07) is 6.17. The molecule has 1 aromatic carbocycles. The van der Waals surface area contributed by atoms with E-state index < -0.39 is 4.92 Å². The van der Waals surface area contributed by atoms with Crippen molar-refractivity contribution in [3.8, 4) is 6.07 Å². The maximum Gasteiger partial charge on any atom is 0.271 e. The fourth-order valence-corrected chi connectivity index (χ4v) is 1.57. The third-order valence-corrected chi connectivity index (χ3v) is 2.30. The number of nitro groups is 1. The Hall–Kier alpha value is -2.46. The van der Waals surface area contributed by atoms with E-state index in [0.29, 0.717) is 11.0 Å². The minimum atomic E-state index is -0.490. The number of benzene rings is 1. The van der Waals surface area contributed by atoms with Crippen LogP contribution < -0.4 is 0 Å². The van der Waals surface area contributed by atoms with Gasteiger partial charge in [0.2, 0.25) is 5.82 Å². The number of non-ortho nitro benzene ring substituents is 1. The summed E-state index contributed by atoms with van der Waals surface area (Å²) in [5.74, 6) is 0.169. The van der Waals surface area contributed by atoms with Crippen LogP contribution in [-0.4, -0.2) is 21.6 Å². The van der Waals surface area contributed by atoms with E-state index in [0.717, 1.165) is 0 Å². The van der Waals surface area contributed by atoms with Gasteiger partial charge in [-0.1, -0.05) is 0 Å². The molecular formula is C10H8N4O3. The Morgan fingerprint density at radius 3 is 3.00 bits per heavy atom. The van der Waals surface area contributed by atoms with Crippen molar-refractivity contribution in [2.24, 2.45) is 0 Å². The van der Waals surface area contributed by atoms with Gasteiger partial charge in [-0.25, -0.2) is 4.98 Å². The molecule has 7 nitrogen and oxygen atoms in total. The summed E-state index contributed by atoms with van der Waals surface area (Å²) in [5.41, 5.74) is 1.00. The van der Waals surface area contributed by atoms with E-state index in [9.17, 15) is 10.1 Å². The summed E-state index contributed by atoms with van der Waals surface area (Å²) in [4.78, 5) is 14.2. The second-order valence-electron chi connectivity index (χ2n) is 3.32. The maximum atomic E-state index is 10.7. The fourth-order valence-electron chi connectivity index (χ4n) is 1.57. The standard InChI is InChI=1S/C10H8N4O3/c1-17-6-13-9-4-7(14(15)16)2-3-8(9)12-10(13)5-11/h2-4H,6H2,1H3. The van der Waals surface area contributed by atoms with Gasteiger partial charge in [0.25, 0.3) is 5.69 Å². The van der Waals surface area contributed by atoms with Gasteiger partial charge in [0, 0.05) is 19.2 Å². The molecule has 1 aromatic heterocycles. The molecule has 0 saturated carbocycles. The SMILES string of the molecule is COCn1c(C#N)nc2ccc([N+](=O)[O-])cc21. The molecule has 0 spiro atoms. The number of ether oxygens (including phenoxy) is 1. The number of rotatable bonds is 3. The molecule has 0 atom stereocenters. The average Bonchev–Trinajstić information content (AvgIpc) is 2.67. The minimum Gasteiger partial charge on any atom is -0.364 e. The van der Waals surface area contributed by atoms with Gasteiger partial charge in [-0.3, -0.25) is 14.7 Å². The minimum absolute atomic E-state index is 0.0424. The molecule has 0 aliphatic heterocycles. The van der Waals surface area contributed by atoms with Crippen molar-refractivity contribution in [3.05, 3.63) is 34.1 Å². The summed E-state index contributed by atoms with van der Waals surface area (Å²) in [5, 5.41) is 19.6. The summed E-state index contributed by atoms with van der Waals surface area (Å²) >= 11 is 0. The monoisotopic (exact) mass is 232 g/mol. The number of aromatic nitrogens is 2. The lowest BCUT2D eigenvalue weighted by atomic mass is 10.3. The van der Waals surface area contributed by atoms with Gasteiger partial charge in [-0.2, -0.15) is 5.26 Å². The Bertz CT molecular complexity index is 626. The second kappa shape index (κ2) is 4.19. The highest BCUT2D eigenvalue weighted by molar-refractivity contribution is 5.79. The van der Waals surface area contributed by atoms with Gasteiger partial charge in [0.05, 0.1) is 16.0 Å². The van der Waals surface area contributed by atoms with Crippen LogP contribution in [0, 0.1) is 21.4 Å². The molecule has 17 heavy (non-hydrogen) atoms. The number of fused-ring (bicyclic) bond motifs is 1. The lowest BCUT2D eigenvalue weighted by Gasteiger charge is -2.02. The lowest BCUT2D eigenvalue weighted by Crippen LogP contribution is -2.02. The lowest BCUT2D eigenvalue weighted by molar-refractivity contribution is -0.384. The molecule has 0 bridgehead atoms. The second-order valence-corrected chi connectivity index (χ2v) is 3.32. The maximum absolute atomic E-state index is 10.7. The first-order valence-electron chi connectivity index (χ1n) is 4.71. The van der Waals surface area contributed by atoms with Crippen LogP contribution in [0.15, 0.2) is 18.2 Å². The van der Waals surface area contributed by atoms with E-state index >= 15 is 0 Å². The molecule has 0 unspecified atom stereocenters. The third-order valence-electron chi connectivity index (χ3n) is 2.30. The van der Waals surface area contributed by atoms with Crippen molar-refractivity contribution in [3.63, 3.8) is 0 Å². The van der Waals surface area contributed by atoms with Crippen LogP contribution in [0.25, 0.3) is 11.0 Å². The zero-order valence-corrected chi connectivity index (χ0v) is 8.95. The van der Waals surface area contributed by atoms with Gasteiger partial charge in [0.1, 0.15) is 12.8 Å². The van der Waals surface area contributed by atoms with Gasteiger partial charge in [0.15, 0.2) is 0 Å². The highest BCUT2D eigenvalue weighted by Crippen LogP contribution is 2.21. The molecule has 2 rings (SSSR count). The molecule has 1 heterocycles. The predicted molar refractivity (Wildman–Crippen MR) is 58.1 cm³/mol. The van der Waals surface area contributed by atoms with Crippen molar-refractivity contribution < 1.29 is 9.66 Å². The summed E-state index contributed by atoms with van der Waals surface area (Å²) in [6.07, 6.45) is 0. The summed E-state index contributed by atoms with van der Waals surface area (Å²) < 4.78 is 6.43. The third kappa shape index (κ3) is 1.81. The predicted octanol–water partition coefficient (Wildman–Crippen LogP) is 1.42. The van der Waals surface area contributed by atoms with Crippen LogP contribution in [-0.2, 0) is 11.5 Å². The Morgan fingerprint density at radius 1 is 1.65 bits per heavy atom. The summed E-state index contributed by atoms with van der Waals surface area (Å²) in [7, 11) is 1.48. The number of nitrogens with zero attached hydrogens (tertiary/aromatic N) is 4. The smallest absolute Gasteiger partial charge is 0.271 e. The Morgan fingerprint density at radius 2 is 2.41 bits per heavy atom. The van der Waals surface area contributed by atoms with E-state index in [1.165, 1.54) is 29.9 Å². The number of methoxy groups -OCH3 is 1. The molecule has 86 valence electrons. The topological polar surface area (TPSA) is 94.0 Å². The molecule has 0 saturated heterocycles. The Labute approximate surface area is 96.0 Å². The number of hydrogen-bond acceptors (Lipinski definition) is 5. The number of imidazole rings is 1. The van der Waals surface area contributed by atoms with Crippen LogP contribution in [0.5, 0.6) is 0 Å². The largest absolute Gasteiger partial charge is 0.364 e. The molecule has 0 N–H and O–H groups in total. The first kappa shape index (κ1) is 11.0. The van der Waals surface area contributed by atoms with E-state index in [-0.39, 0.29) is 18.2 Å². The molecule has 0 amide bonds. The first-order chi connectivity index (χ1) is 8.17. The fraction of sp³-hybridized carbons (Fsp3) is 0.200.